The van der Waals surface area contributed by atoms with Crippen molar-refractivity contribution in [3.8, 4) is 0 Å². The Bertz CT molecular complexity index is 551. The number of likely N-dealkylation sites (N-methyl/N-ethyl adjacent to an activating group) is 1. The van der Waals surface area contributed by atoms with Gasteiger partial charge in [0, 0.05) is 35.8 Å². The normalized spacial score (nSPS) is 12.6. The number of hydrogen-bond acceptors (Lipinski definition) is 2. The molecule has 1 atom stereocenters. The highest BCUT2D eigenvalue weighted by atomic mass is 35.5. The summed E-state index contributed by atoms with van der Waals surface area (Å²) in [5, 5.41) is 9.20. The van der Waals surface area contributed by atoms with E-state index in [-0.39, 0.29) is 6.04 Å². The first-order chi connectivity index (χ1) is 9.10. The summed E-state index contributed by atoms with van der Waals surface area (Å²) in [7, 11) is 1.92. The van der Waals surface area contributed by atoms with Crippen molar-refractivity contribution in [1.82, 2.24) is 15.1 Å². The molecule has 0 bridgehead atoms. The van der Waals surface area contributed by atoms with Gasteiger partial charge in [0.25, 0.3) is 0 Å². The van der Waals surface area contributed by atoms with Crippen LogP contribution in [0.4, 0.5) is 0 Å². The van der Waals surface area contributed by atoms with Gasteiger partial charge in [-0.3, -0.25) is 4.68 Å². The van der Waals surface area contributed by atoms with Gasteiger partial charge in [0.05, 0.1) is 5.69 Å². The molecule has 0 amide bonds. The molecule has 2 aromatic rings. The second kappa shape index (κ2) is 6.42. The number of aromatic nitrogens is 2. The van der Waals surface area contributed by atoms with Crippen LogP contribution in [0.15, 0.2) is 30.5 Å². The van der Waals surface area contributed by atoms with Gasteiger partial charge in [-0.2, -0.15) is 5.10 Å². The highest BCUT2D eigenvalue weighted by molar-refractivity contribution is 6.35. The Kier molecular flexibility index (Phi) is 4.86. The van der Waals surface area contributed by atoms with Crippen molar-refractivity contribution in [2.24, 2.45) is 7.05 Å². The Morgan fingerprint density at radius 2 is 2.11 bits per heavy atom. The van der Waals surface area contributed by atoms with Crippen LogP contribution in [-0.4, -0.2) is 16.3 Å². The third kappa shape index (κ3) is 3.72. The third-order valence-electron chi connectivity index (χ3n) is 2.97. The second-order valence-corrected chi connectivity index (χ2v) is 5.30. The number of halogens is 2. The highest BCUT2D eigenvalue weighted by Gasteiger charge is 2.16. The number of nitrogens with one attached hydrogen (secondary N) is 1. The molecule has 2 rings (SSSR count). The maximum Gasteiger partial charge on any atom is 0.0643 e. The van der Waals surface area contributed by atoms with Crippen molar-refractivity contribution in [2.75, 3.05) is 6.54 Å². The van der Waals surface area contributed by atoms with Crippen molar-refractivity contribution in [1.29, 1.82) is 0 Å². The van der Waals surface area contributed by atoms with Gasteiger partial charge in [-0.15, -0.1) is 0 Å². The van der Waals surface area contributed by atoms with Crippen LogP contribution in [0.3, 0.4) is 0 Å². The highest BCUT2D eigenvalue weighted by Crippen LogP contribution is 2.28. The Morgan fingerprint density at radius 1 is 1.32 bits per heavy atom. The molecule has 0 radical (unpaired) electrons. The fraction of sp³-hybridized carbons (Fsp3) is 0.357. The Labute approximate surface area is 123 Å². The van der Waals surface area contributed by atoms with Crippen LogP contribution in [-0.2, 0) is 13.5 Å². The van der Waals surface area contributed by atoms with Crippen molar-refractivity contribution in [2.45, 2.75) is 19.4 Å². The van der Waals surface area contributed by atoms with E-state index in [0.717, 1.165) is 24.2 Å². The first-order valence-electron chi connectivity index (χ1n) is 6.27. The fourth-order valence-electron chi connectivity index (χ4n) is 2.10. The molecule has 19 heavy (non-hydrogen) atoms. The smallest absolute Gasteiger partial charge is 0.0643 e. The summed E-state index contributed by atoms with van der Waals surface area (Å²) in [6.07, 6.45) is 2.75. The van der Waals surface area contributed by atoms with E-state index in [4.69, 9.17) is 23.2 Å². The molecule has 0 aliphatic heterocycles. The number of hydrogen-bond donors (Lipinski definition) is 1. The van der Waals surface area contributed by atoms with E-state index in [2.05, 4.69) is 17.3 Å². The summed E-state index contributed by atoms with van der Waals surface area (Å²) < 4.78 is 1.81. The van der Waals surface area contributed by atoms with Gasteiger partial charge in [0.15, 0.2) is 0 Å². The minimum absolute atomic E-state index is 0.143. The van der Waals surface area contributed by atoms with Crippen LogP contribution in [0.1, 0.15) is 24.2 Å². The maximum atomic E-state index is 6.28. The molecule has 0 fully saturated rings. The lowest BCUT2D eigenvalue weighted by atomic mass is 10.0. The number of nitrogens with zero attached hydrogens (tertiary/aromatic N) is 2. The number of rotatable bonds is 5. The van der Waals surface area contributed by atoms with Gasteiger partial charge in [-0.25, -0.2) is 0 Å². The zero-order valence-electron chi connectivity index (χ0n) is 11.0. The monoisotopic (exact) mass is 297 g/mol. The first-order valence-corrected chi connectivity index (χ1v) is 7.02. The van der Waals surface area contributed by atoms with Crippen LogP contribution < -0.4 is 5.32 Å². The average Bonchev–Trinajstić information content (AvgIpc) is 2.74. The van der Waals surface area contributed by atoms with E-state index in [1.165, 1.54) is 0 Å². The summed E-state index contributed by atoms with van der Waals surface area (Å²) in [4.78, 5) is 0. The van der Waals surface area contributed by atoms with Crippen LogP contribution in [0.2, 0.25) is 10.0 Å². The van der Waals surface area contributed by atoms with Crippen molar-refractivity contribution in [3.05, 3.63) is 51.8 Å². The molecular weight excluding hydrogens is 281 g/mol. The minimum Gasteiger partial charge on any atom is -0.310 e. The van der Waals surface area contributed by atoms with Crippen LogP contribution in [0, 0.1) is 0 Å². The molecule has 3 nitrogen and oxygen atoms in total. The first kappa shape index (κ1) is 14.4. The van der Waals surface area contributed by atoms with Crippen molar-refractivity contribution < 1.29 is 0 Å². The van der Waals surface area contributed by atoms with Crippen molar-refractivity contribution >= 4 is 23.2 Å². The van der Waals surface area contributed by atoms with E-state index in [0.29, 0.717) is 10.0 Å². The summed E-state index contributed by atoms with van der Waals surface area (Å²) in [6.45, 7) is 2.95. The molecule has 1 aromatic carbocycles. The lowest BCUT2D eigenvalue weighted by molar-refractivity contribution is 0.540. The Hall–Kier alpha value is -1.03. The molecule has 0 spiro atoms. The number of aryl methyl sites for hydroxylation is 1. The zero-order valence-corrected chi connectivity index (χ0v) is 12.5. The molecule has 1 N–H and O–H groups in total. The summed E-state index contributed by atoms with van der Waals surface area (Å²) in [5.74, 6) is 0. The summed E-state index contributed by atoms with van der Waals surface area (Å²) >= 11 is 12.2. The topological polar surface area (TPSA) is 29.9 Å². The van der Waals surface area contributed by atoms with E-state index in [1.807, 2.05) is 36.1 Å². The number of benzene rings is 1. The van der Waals surface area contributed by atoms with Gasteiger partial charge < -0.3 is 5.32 Å². The third-order valence-corrected chi connectivity index (χ3v) is 3.53. The average molecular weight is 298 g/mol. The lowest BCUT2D eigenvalue weighted by Crippen LogP contribution is -2.23. The second-order valence-electron chi connectivity index (χ2n) is 4.46. The van der Waals surface area contributed by atoms with E-state index >= 15 is 0 Å². The van der Waals surface area contributed by atoms with Crippen molar-refractivity contribution in [3.63, 3.8) is 0 Å². The van der Waals surface area contributed by atoms with E-state index < -0.39 is 0 Å². The quantitative estimate of drug-likeness (QED) is 0.913. The van der Waals surface area contributed by atoms with Crippen LogP contribution in [0.25, 0.3) is 0 Å². The maximum absolute atomic E-state index is 6.28. The van der Waals surface area contributed by atoms with E-state index in [9.17, 15) is 0 Å². The van der Waals surface area contributed by atoms with Crippen LogP contribution in [0.5, 0.6) is 0 Å². The summed E-state index contributed by atoms with van der Waals surface area (Å²) in [6, 6.07) is 7.78. The van der Waals surface area contributed by atoms with E-state index in [1.54, 1.807) is 6.07 Å². The molecule has 0 aliphatic carbocycles. The van der Waals surface area contributed by atoms with Gasteiger partial charge in [-0.1, -0.05) is 36.2 Å². The molecule has 1 unspecified atom stereocenters. The molecule has 0 saturated carbocycles. The van der Waals surface area contributed by atoms with Gasteiger partial charge in [0.2, 0.25) is 0 Å². The Morgan fingerprint density at radius 3 is 2.68 bits per heavy atom. The molecular formula is C14H17Cl2N3. The lowest BCUT2D eigenvalue weighted by Gasteiger charge is -2.18. The van der Waals surface area contributed by atoms with Crippen LogP contribution >= 0.6 is 23.2 Å². The Balaban J connectivity index is 2.23. The van der Waals surface area contributed by atoms with Gasteiger partial charge in [-0.05, 0) is 30.3 Å². The standard InChI is InChI=1S/C14H17Cl2N3/c1-3-17-14(9-11-6-7-19(2)18-11)12-5-4-10(15)8-13(12)16/h4-8,14,17H,3,9H2,1-2H3. The molecule has 1 aromatic heterocycles. The minimum atomic E-state index is 0.143. The predicted molar refractivity (Wildman–Crippen MR) is 79.8 cm³/mol. The molecule has 0 saturated heterocycles. The fourth-order valence-corrected chi connectivity index (χ4v) is 2.64. The van der Waals surface area contributed by atoms with Gasteiger partial charge in [0.1, 0.15) is 0 Å². The SMILES string of the molecule is CCNC(Cc1ccn(C)n1)c1ccc(Cl)cc1Cl. The largest absolute Gasteiger partial charge is 0.310 e. The molecule has 0 aliphatic rings. The molecule has 1 heterocycles. The predicted octanol–water partition coefficient (Wildman–Crippen LogP) is 3.62. The zero-order chi connectivity index (χ0) is 13.8. The van der Waals surface area contributed by atoms with Gasteiger partial charge >= 0.3 is 0 Å². The molecule has 102 valence electrons. The summed E-state index contributed by atoms with van der Waals surface area (Å²) in [5.41, 5.74) is 2.10. The molecule has 5 heteroatoms.